The molecule has 0 spiro atoms. The first-order valence-electron chi connectivity index (χ1n) is 10.0. The number of nitrogens with zero attached hydrogens (tertiary/aromatic N) is 2. The predicted molar refractivity (Wildman–Crippen MR) is 119 cm³/mol. The summed E-state index contributed by atoms with van der Waals surface area (Å²) in [6.07, 6.45) is 0.906. The van der Waals surface area contributed by atoms with Gasteiger partial charge in [0, 0.05) is 17.5 Å². The number of ether oxygens (including phenoxy) is 1. The maximum atomic E-state index is 6.14. The van der Waals surface area contributed by atoms with Gasteiger partial charge in [-0.1, -0.05) is 78.9 Å². The van der Waals surface area contributed by atoms with E-state index >= 15 is 0 Å². The largest absolute Gasteiger partial charge is 0.493 e. The third kappa shape index (κ3) is 3.47. The number of benzene rings is 4. The van der Waals surface area contributed by atoms with E-state index in [4.69, 9.17) is 9.72 Å². The van der Waals surface area contributed by atoms with Crippen molar-refractivity contribution in [1.82, 2.24) is 9.55 Å². The molecule has 0 aliphatic rings. The molecule has 0 amide bonds. The number of imidazole rings is 1. The second-order valence-corrected chi connectivity index (χ2v) is 7.12. The van der Waals surface area contributed by atoms with Gasteiger partial charge in [-0.15, -0.1) is 0 Å². The van der Waals surface area contributed by atoms with E-state index in [0.717, 1.165) is 46.5 Å². The molecule has 0 saturated heterocycles. The Bertz CT molecular complexity index is 1250. The van der Waals surface area contributed by atoms with Crippen LogP contribution in [0.1, 0.15) is 6.42 Å². The summed E-state index contributed by atoms with van der Waals surface area (Å²) in [5, 5.41) is 2.37. The monoisotopic (exact) mass is 378 g/mol. The molecule has 4 aromatic carbocycles. The van der Waals surface area contributed by atoms with E-state index in [2.05, 4.69) is 83.4 Å². The number of rotatable bonds is 6. The molecular weight excluding hydrogens is 356 g/mol. The van der Waals surface area contributed by atoms with Crippen LogP contribution in [0.15, 0.2) is 97.1 Å². The van der Waals surface area contributed by atoms with E-state index < -0.39 is 0 Å². The second kappa shape index (κ2) is 7.80. The predicted octanol–water partition coefficient (Wildman–Crippen LogP) is 6.33. The van der Waals surface area contributed by atoms with Crippen molar-refractivity contribution in [2.45, 2.75) is 13.0 Å². The van der Waals surface area contributed by atoms with Gasteiger partial charge in [0.15, 0.2) is 0 Å². The Kier molecular flexibility index (Phi) is 4.71. The molecule has 1 aromatic heterocycles. The van der Waals surface area contributed by atoms with Crippen molar-refractivity contribution in [1.29, 1.82) is 0 Å². The molecule has 0 fully saturated rings. The van der Waals surface area contributed by atoms with Gasteiger partial charge in [0.1, 0.15) is 11.6 Å². The molecule has 0 aliphatic heterocycles. The number of hydrogen-bond acceptors (Lipinski definition) is 2. The number of fused-ring (bicyclic) bond motifs is 2. The Labute approximate surface area is 170 Å². The quantitative estimate of drug-likeness (QED) is 0.323. The zero-order valence-corrected chi connectivity index (χ0v) is 16.2. The summed E-state index contributed by atoms with van der Waals surface area (Å²) in [6.45, 7) is 1.52. The average molecular weight is 378 g/mol. The lowest BCUT2D eigenvalue weighted by atomic mass is 10.1. The summed E-state index contributed by atoms with van der Waals surface area (Å²) in [5.74, 6) is 1.96. The molecule has 0 bridgehead atoms. The van der Waals surface area contributed by atoms with Crippen molar-refractivity contribution in [3.05, 3.63) is 97.1 Å². The maximum absolute atomic E-state index is 6.14. The van der Waals surface area contributed by atoms with Crippen LogP contribution in [0.4, 0.5) is 0 Å². The topological polar surface area (TPSA) is 27.1 Å². The number of aromatic nitrogens is 2. The van der Waals surface area contributed by atoms with Crippen LogP contribution < -0.4 is 4.74 Å². The Morgan fingerprint density at radius 3 is 2.41 bits per heavy atom. The van der Waals surface area contributed by atoms with Crippen molar-refractivity contribution in [2.24, 2.45) is 0 Å². The molecular formula is C26H22N2O. The summed E-state index contributed by atoms with van der Waals surface area (Å²) in [7, 11) is 0. The minimum atomic E-state index is 0.661. The SMILES string of the molecule is c1ccc(-c2nc3ccccc3n2CCCOc2cccc3ccccc23)cc1. The average Bonchev–Trinajstić information content (AvgIpc) is 3.16. The number of aryl methyl sites for hydroxylation is 1. The first-order valence-corrected chi connectivity index (χ1v) is 10.0. The molecule has 3 heteroatoms. The molecule has 0 radical (unpaired) electrons. The van der Waals surface area contributed by atoms with Crippen LogP contribution in [0.3, 0.4) is 0 Å². The van der Waals surface area contributed by atoms with E-state index in [9.17, 15) is 0 Å². The fourth-order valence-electron chi connectivity index (χ4n) is 3.84. The van der Waals surface area contributed by atoms with Gasteiger partial charge in [-0.2, -0.15) is 0 Å². The van der Waals surface area contributed by atoms with Crippen molar-refractivity contribution in [3.8, 4) is 17.1 Å². The van der Waals surface area contributed by atoms with Crippen molar-refractivity contribution in [2.75, 3.05) is 6.61 Å². The Hall–Kier alpha value is -3.59. The minimum absolute atomic E-state index is 0.661. The van der Waals surface area contributed by atoms with E-state index in [1.54, 1.807) is 0 Å². The normalized spacial score (nSPS) is 11.2. The molecule has 5 rings (SSSR count). The summed E-state index contributed by atoms with van der Waals surface area (Å²) in [4.78, 5) is 4.88. The zero-order chi connectivity index (χ0) is 19.5. The fraction of sp³-hybridized carbons (Fsp3) is 0.115. The van der Waals surface area contributed by atoms with Crippen LogP contribution in [-0.4, -0.2) is 16.2 Å². The number of para-hydroxylation sites is 2. The van der Waals surface area contributed by atoms with E-state index in [0.29, 0.717) is 6.61 Å². The smallest absolute Gasteiger partial charge is 0.141 e. The number of hydrogen-bond donors (Lipinski definition) is 0. The highest BCUT2D eigenvalue weighted by Crippen LogP contribution is 2.27. The third-order valence-corrected chi connectivity index (χ3v) is 5.22. The van der Waals surface area contributed by atoms with Gasteiger partial charge >= 0.3 is 0 Å². The van der Waals surface area contributed by atoms with Crippen LogP contribution >= 0.6 is 0 Å². The molecule has 0 aliphatic carbocycles. The Balaban J connectivity index is 1.37. The zero-order valence-electron chi connectivity index (χ0n) is 16.2. The maximum Gasteiger partial charge on any atom is 0.141 e. The van der Waals surface area contributed by atoms with E-state index in [1.807, 2.05) is 18.2 Å². The van der Waals surface area contributed by atoms with Crippen LogP contribution in [-0.2, 0) is 6.54 Å². The van der Waals surface area contributed by atoms with Crippen molar-refractivity contribution < 1.29 is 4.74 Å². The lowest BCUT2D eigenvalue weighted by Crippen LogP contribution is -2.06. The lowest BCUT2D eigenvalue weighted by molar-refractivity contribution is 0.306. The summed E-state index contributed by atoms with van der Waals surface area (Å²) < 4.78 is 8.44. The van der Waals surface area contributed by atoms with Gasteiger partial charge in [-0.3, -0.25) is 0 Å². The van der Waals surface area contributed by atoms with Crippen LogP contribution in [0, 0.1) is 0 Å². The molecule has 0 N–H and O–H groups in total. The molecule has 29 heavy (non-hydrogen) atoms. The van der Waals surface area contributed by atoms with Gasteiger partial charge < -0.3 is 9.30 Å². The van der Waals surface area contributed by atoms with Gasteiger partial charge in [-0.05, 0) is 30.0 Å². The van der Waals surface area contributed by atoms with Gasteiger partial charge in [0.2, 0.25) is 0 Å². The van der Waals surface area contributed by atoms with Crippen LogP contribution in [0.5, 0.6) is 5.75 Å². The first kappa shape index (κ1) is 17.5. The Morgan fingerprint density at radius 1 is 0.724 bits per heavy atom. The van der Waals surface area contributed by atoms with Crippen LogP contribution in [0.25, 0.3) is 33.2 Å². The highest BCUT2D eigenvalue weighted by Gasteiger charge is 2.12. The summed E-state index contributed by atoms with van der Waals surface area (Å²) in [5.41, 5.74) is 3.33. The van der Waals surface area contributed by atoms with Crippen molar-refractivity contribution >= 4 is 21.8 Å². The first-order chi connectivity index (χ1) is 14.4. The molecule has 5 aromatic rings. The highest BCUT2D eigenvalue weighted by atomic mass is 16.5. The van der Waals surface area contributed by atoms with Gasteiger partial charge in [0.05, 0.1) is 17.6 Å². The molecule has 0 unspecified atom stereocenters. The molecule has 0 atom stereocenters. The molecule has 0 saturated carbocycles. The highest BCUT2D eigenvalue weighted by molar-refractivity contribution is 5.88. The minimum Gasteiger partial charge on any atom is -0.493 e. The standard InChI is InChI=1S/C26H22N2O/c1-2-11-21(12-3-1)26-27-23-15-6-7-16-24(23)28(26)18-9-19-29-25-17-8-13-20-10-4-5-14-22(20)25/h1-8,10-17H,9,18-19H2. The van der Waals surface area contributed by atoms with Gasteiger partial charge in [-0.25, -0.2) is 4.98 Å². The van der Waals surface area contributed by atoms with Gasteiger partial charge in [0.25, 0.3) is 0 Å². The Morgan fingerprint density at radius 2 is 1.48 bits per heavy atom. The van der Waals surface area contributed by atoms with E-state index in [1.165, 1.54) is 5.39 Å². The lowest BCUT2D eigenvalue weighted by Gasteiger charge is -2.12. The summed E-state index contributed by atoms with van der Waals surface area (Å²) in [6, 6.07) is 33.3. The molecule has 3 nitrogen and oxygen atoms in total. The fourth-order valence-corrected chi connectivity index (χ4v) is 3.84. The second-order valence-electron chi connectivity index (χ2n) is 7.12. The molecule has 1 heterocycles. The van der Waals surface area contributed by atoms with Crippen molar-refractivity contribution in [3.63, 3.8) is 0 Å². The molecule has 142 valence electrons. The van der Waals surface area contributed by atoms with Crippen LogP contribution in [0.2, 0.25) is 0 Å². The summed E-state index contributed by atoms with van der Waals surface area (Å²) >= 11 is 0. The van der Waals surface area contributed by atoms with E-state index in [-0.39, 0.29) is 0 Å². The third-order valence-electron chi connectivity index (χ3n) is 5.22.